The van der Waals surface area contributed by atoms with Gasteiger partial charge in [0.25, 0.3) is 5.78 Å². The van der Waals surface area contributed by atoms with Gasteiger partial charge in [0.2, 0.25) is 0 Å². The van der Waals surface area contributed by atoms with Crippen LogP contribution < -0.4 is 0 Å². The van der Waals surface area contributed by atoms with Crippen LogP contribution in [0.4, 0.5) is 0 Å². The van der Waals surface area contributed by atoms with Gasteiger partial charge in [0.05, 0.1) is 6.61 Å². The van der Waals surface area contributed by atoms with Crippen molar-refractivity contribution in [3.8, 4) is 0 Å². The highest BCUT2D eigenvalue weighted by molar-refractivity contribution is 6.41. The maximum atomic E-state index is 12.4. The van der Waals surface area contributed by atoms with Crippen molar-refractivity contribution in [1.82, 2.24) is 4.57 Å². The van der Waals surface area contributed by atoms with Gasteiger partial charge in [-0.1, -0.05) is 18.2 Å². The van der Waals surface area contributed by atoms with Gasteiger partial charge >= 0.3 is 5.97 Å². The second-order valence-electron chi connectivity index (χ2n) is 5.00. The lowest BCUT2D eigenvalue weighted by molar-refractivity contribution is -0.137. The molecular weight excluding hydrogens is 254 g/mol. The number of ether oxygens (including phenoxy) is 1. The number of para-hydroxylation sites is 1. The molecule has 0 aliphatic rings. The first-order valence-electron chi connectivity index (χ1n) is 6.80. The predicted molar refractivity (Wildman–Crippen MR) is 78.0 cm³/mol. The van der Waals surface area contributed by atoms with E-state index in [9.17, 15) is 9.59 Å². The third-order valence-corrected chi connectivity index (χ3v) is 3.36. The molecule has 1 aromatic carbocycles. The Hall–Kier alpha value is -2.10. The lowest BCUT2D eigenvalue weighted by atomic mass is 10.1. The first-order valence-corrected chi connectivity index (χ1v) is 6.80. The van der Waals surface area contributed by atoms with Crippen molar-refractivity contribution in [2.24, 2.45) is 0 Å². The number of hydrogen-bond donors (Lipinski definition) is 0. The Morgan fingerprint density at radius 1 is 1.25 bits per heavy atom. The molecule has 0 unspecified atom stereocenters. The molecule has 0 saturated carbocycles. The number of esters is 1. The van der Waals surface area contributed by atoms with E-state index in [1.165, 1.54) is 0 Å². The Kier molecular flexibility index (Phi) is 3.93. The van der Waals surface area contributed by atoms with Crippen molar-refractivity contribution >= 4 is 22.7 Å². The van der Waals surface area contributed by atoms with Crippen LogP contribution in [0.15, 0.2) is 24.3 Å². The SMILES string of the molecule is CCOC(=O)C(=O)c1c(C)c2ccccc2n1C(C)C. The van der Waals surface area contributed by atoms with Crippen LogP contribution in [0.5, 0.6) is 0 Å². The molecule has 0 atom stereocenters. The Bertz CT molecular complexity index is 668. The minimum absolute atomic E-state index is 0.0852. The van der Waals surface area contributed by atoms with Gasteiger partial charge in [-0.3, -0.25) is 4.79 Å². The Morgan fingerprint density at radius 2 is 1.90 bits per heavy atom. The molecule has 0 fully saturated rings. The summed E-state index contributed by atoms with van der Waals surface area (Å²) in [4.78, 5) is 24.1. The number of nitrogens with zero attached hydrogens (tertiary/aromatic N) is 1. The molecule has 2 rings (SSSR count). The van der Waals surface area contributed by atoms with E-state index in [0.717, 1.165) is 16.5 Å². The normalized spacial score (nSPS) is 11.1. The summed E-state index contributed by atoms with van der Waals surface area (Å²) < 4.78 is 6.75. The number of ketones is 1. The van der Waals surface area contributed by atoms with Crippen molar-refractivity contribution in [2.75, 3.05) is 6.61 Å². The van der Waals surface area contributed by atoms with E-state index >= 15 is 0 Å². The minimum atomic E-state index is -0.791. The minimum Gasteiger partial charge on any atom is -0.460 e. The molecule has 0 N–H and O–H groups in total. The summed E-state index contributed by atoms with van der Waals surface area (Å²) in [6.45, 7) is 7.75. The predicted octanol–water partition coefficient (Wildman–Crippen LogP) is 3.28. The lowest BCUT2D eigenvalue weighted by Crippen LogP contribution is -2.22. The van der Waals surface area contributed by atoms with Gasteiger partial charge < -0.3 is 9.30 Å². The fourth-order valence-corrected chi connectivity index (χ4v) is 2.54. The van der Waals surface area contributed by atoms with Crippen molar-refractivity contribution in [2.45, 2.75) is 33.7 Å². The standard InChI is InChI=1S/C16H19NO3/c1-5-20-16(19)15(18)14-11(4)12-8-6-7-9-13(12)17(14)10(2)3/h6-10H,5H2,1-4H3. The number of aryl methyl sites for hydroxylation is 1. The average Bonchev–Trinajstić information content (AvgIpc) is 2.72. The molecule has 0 aliphatic heterocycles. The highest BCUT2D eigenvalue weighted by atomic mass is 16.5. The van der Waals surface area contributed by atoms with E-state index in [4.69, 9.17) is 4.74 Å². The van der Waals surface area contributed by atoms with Crippen LogP contribution in [0.3, 0.4) is 0 Å². The van der Waals surface area contributed by atoms with Crippen LogP contribution in [0, 0.1) is 6.92 Å². The number of carbonyl (C=O) groups excluding carboxylic acids is 2. The molecule has 0 saturated heterocycles. The molecule has 4 heteroatoms. The molecule has 0 spiro atoms. The van der Waals surface area contributed by atoms with Crippen LogP contribution in [0.2, 0.25) is 0 Å². The number of rotatable bonds is 4. The van der Waals surface area contributed by atoms with E-state index in [1.54, 1.807) is 6.92 Å². The zero-order valence-corrected chi connectivity index (χ0v) is 12.3. The van der Waals surface area contributed by atoms with Gasteiger partial charge in [-0.2, -0.15) is 0 Å². The molecule has 20 heavy (non-hydrogen) atoms. The number of fused-ring (bicyclic) bond motifs is 1. The molecule has 0 amide bonds. The molecular formula is C16H19NO3. The average molecular weight is 273 g/mol. The topological polar surface area (TPSA) is 48.3 Å². The fraction of sp³-hybridized carbons (Fsp3) is 0.375. The zero-order valence-electron chi connectivity index (χ0n) is 12.3. The Labute approximate surface area is 118 Å². The monoisotopic (exact) mass is 273 g/mol. The van der Waals surface area contributed by atoms with E-state index in [2.05, 4.69) is 0 Å². The fourth-order valence-electron chi connectivity index (χ4n) is 2.54. The van der Waals surface area contributed by atoms with Gasteiger partial charge in [0, 0.05) is 16.9 Å². The summed E-state index contributed by atoms with van der Waals surface area (Å²) in [6, 6.07) is 7.87. The van der Waals surface area contributed by atoms with Crippen molar-refractivity contribution in [3.05, 3.63) is 35.5 Å². The number of hydrogen-bond acceptors (Lipinski definition) is 3. The van der Waals surface area contributed by atoms with E-state index < -0.39 is 11.8 Å². The molecule has 0 radical (unpaired) electrons. The third-order valence-electron chi connectivity index (χ3n) is 3.36. The smallest absolute Gasteiger partial charge is 0.381 e. The van der Waals surface area contributed by atoms with E-state index in [0.29, 0.717) is 5.69 Å². The molecule has 1 heterocycles. The van der Waals surface area contributed by atoms with Crippen LogP contribution in [-0.4, -0.2) is 22.9 Å². The second-order valence-corrected chi connectivity index (χ2v) is 5.00. The van der Waals surface area contributed by atoms with Crippen LogP contribution in [0.1, 0.15) is 42.9 Å². The number of benzene rings is 1. The zero-order chi connectivity index (χ0) is 14.9. The highest BCUT2D eigenvalue weighted by Crippen LogP contribution is 2.29. The number of aromatic nitrogens is 1. The molecule has 106 valence electrons. The van der Waals surface area contributed by atoms with Gasteiger partial charge in [-0.05, 0) is 39.3 Å². The van der Waals surface area contributed by atoms with Crippen LogP contribution in [0.25, 0.3) is 10.9 Å². The summed E-state index contributed by atoms with van der Waals surface area (Å²) in [5.41, 5.74) is 2.22. The summed E-state index contributed by atoms with van der Waals surface area (Å²) in [6.07, 6.45) is 0. The molecule has 0 aliphatic carbocycles. The van der Waals surface area contributed by atoms with Gasteiger partial charge in [0.15, 0.2) is 0 Å². The largest absolute Gasteiger partial charge is 0.460 e. The third kappa shape index (κ3) is 2.22. The Morgan fingerprint density at radius 3 is 2.50 bits per heavy atom. The molecule has 0 bridgehead atoms. The van der Waals surface area contributed by atoms with Gasteiger partial charge in [0.1, 0.15) is 5.69 Å². The first-order chi connectivity index (χ1) is 9.49. The number of Topliss-reactive ketones (excluding diaryl/α,β-unsaturated/α-hetero) is 1. The molecule has 1 aromatic heterocycles. The summed E-state index contributed by atoms with van der Waals surface area (Å²) in [7, 11) is 0. The van der Waals surface area contributed by atoms with Crippen molar-refractivity contribution in [1.29, 1.82) is 0 Å². The molecule has 2 aromatic rings. The van der Waals surface area contributed by atoms with E-state index in [1.807, 2.05) is 49.6 Å². The van der Waals surface area contributed by atoms with E-state index in [-0.39, 0.29) is 12.6 Å². The lowest BCUT2D eigenvalue weighted by Gasteiger charge is -2.14. The van der Waals surface area contributed by atoms with Crippen LogP contribution in [-0.2, 0) is 9.53 Å². The maximum absolute atomic E-state index is 12.4. The quantitative estimate of drug-likeness (QED) is 0.488. The summed E-state index contributed by atoms with van der Waals surface area (Å²) >= 11 is 0. The van der Waals surface area contributed by atoms with Crippen LogP contribution >= 0.6 is 0 Å². The first kappa shape index (κ1) is 14.3. The number of carbonyl (C=O) groups is 2. The second kappa shape index (κ2) is 5.49. The maximum Gasteiger partial charge on any atom is 0.381 e. The van der Waals surface area contributed by atoms with Crippen molar-refractivity contribution < 1.29 is 14.3 Å². The van der Waals surface area contributed by atoms with Gasteiger partial charge in [-0.15, -0.1) is 0 Å². The van der Waals surface area contributed by atoms with Crippen molar-refractivity contribution in [3.63, 3.8) is 0 Å². The Balaban J connectivity index is 2.68. The molecule has 4 nitrogen and oxygen atoms in total. The summed E-state index contributed by atoms with van der Waals surface area (Å²) in [5.74, 6) is -1.37. The summed E-state index contributed by atoms with van der Waals surface area (Å²) in [5, 5.41) is 0.994. The highest BCUT2D eigenvalue weighted by Gasteiger charge is 2.27. The van der Waals surface area contributed by atoms with Gasteiger partial charge in [-0.25, -0.2) is 4.79 Å².